The molecule has 1 N–H and O–H groups in total. The number of aliphatic imine (C=N–C) groups is 1. The van der Waals surface area contributed by atoms with E-state index in [1.54, 1.807) is 0 Å². The van der Waals surface area contributed by atoms with Crippen molar-refractivity contribution in [2.24, 2.45) is 4.99 Å². The van der Waals surface area contributed by atoms with E-state index in [2.05, 4.69) is 11.1 Å². The number of aromatic nitrogens is 2. The molecule has 3 aromatic rings. The van der Waals surface area contributed by atoms with Gasteiger partial charge in [-0.25, -0.2) is 4.68 Å². The summed E-state index contributed by atoms with van der Waals surface area (Å²) in [5.74, 6) is -0.244. The number of aliphatic hydroxyl groups is 1. The minimum atomic E-state index is -0.508. The normalized spacial score (nSPS) is 17.8. The molecule has 1 aromatic heterocycles. The van der Waals surface area contributed by atoms with E-state index in [4.69, 9.17) is 5.10 Å². The van der Waals surface area contributed by atoms with Crippen LogP contribution in [0.1, 0.15) is 11.6 Å². The number of aliphatic hydroxyl groups excluding tert-OH is 1. The van der Waals surface area contributed by atoms with Gasteiger partial charge in [0.15, 0.2) is 5.17 Å². The lowest BCUT2D eigenvalue weighted by molar-refractivity contribution is 0.364. The fourth-order valence-corrected chi connectivity index (χ4v) is 4.25. The summed E-state index contributed by atoms with van der Waals surface area (Å²) in [6.45, 7) is 0. The summed E-state index contributed by atoms with van der Waals surface area (Å²) in [6, 6.07) is 21.3. The average Bonchev–Trinajstić information content (AvgIpc) is 3.41. The maximum atomic E-state index is 10.4. The van der Waals surface area contributed by atoms with E-state index in [1.165, 1.54) is 11.8 Å². The highest BCUT2D eigenvalue weighted by Crippen LogP contribution is 2.42. The standard InChI is InChI=1S/C22H15N5OS/c23-13-17-20(26-11-12-29-22(26)24-21(17)28)18-14-27(16-9-5-2-6-10-16)25-19(18)15-7-3-1-4-8-15/h1-12,14,20,28H. The maximum absolute atomic E-state index is 10.4. The fraction of sp³-hybridized carbons (Fsp3) is 0.0455. The molecule has 0 saturated heterocycles. The summed E-state index contributed by atoms with van der Waals surface area (Å²) >= 11 is 1.41. The van der Waals surface area contributed by atoms with Crippen LogP contribution in [0.25, 0.3) is 16.9 Å². The number of hydrogen-bond acceptors (Lipinski definition) is 6. The topological polar surface area (TPSA) is 77.4 Å². The van der Waals surface area contributed by atoms with Gasteiger partial charge in [0.05, 0.1) is 11.4 Å². The van der Waals surface area contributed by atoms with Gasteiger partial charge in [-0.3, -0.25) is 0 Å². The third kappa shape index (κ3) is 2.91. The zero-order valence-electron chi connectivity index (χ0n) is 15.2. The Balaban J connectivity index is 1.74. The van der Waals surface area contributed by atoms with Gasteiger partial charge < -0.3 is 10.0 Å². The fourth-order valence-electron chi connectivity index (χ4n) is 3.51. The Bertz CT molecular complexity index is 1210. The predicted octanol–water partition coefficient (Wildman–Crippen LogP) is 4.76. The van der Waals surface area contributed by atoms with E-state index < -0.39 is 6.04 Å². The average molecular weight is 397 g/mol. The second-order valence-corrected chi connectivity index (χ2v) is 7.41. The number of hydrogen-bond donors (Lipinski definition) is 1. The van der Waals surface area contributed by atoms with E-state index in [-0.39, 0.29) is 11.5 Å². The zero-order chi connectivity index (χ0) is 19.8. The van der Waals surface area contributed by atoms with Crippen LogP contribution in [-0.4, -0.2) is 25.0 Å². The van der Waals surface area contributed by atoms with Gasteiger partial charge in [-0.2, -0.15) is 15.4 Å². The van der Waals surface area contributed by atoms with Crippen LogP contribution in [0.3, 0.4) is 0 Å². The zero-order valence-corrected chi connectivity index (χ0v) is 16.0. The number of thioether (sulfide) groups is 1. The van der Waals surface area contributed by atoms with Crippen molar-refractivity contribution in [2.45, 2.75) is 6.04 Å². The molecule has 140 valence electrons. The van der Waals surface area contributed by atoms with Crippen LogP contribution in [0.4, 0.5) is 0 Å². The summed E-state index contributed by atoms with van der Waals surface area (Å²) in [5, 5.41) is 27.6. The third-order valence-corrected chi connectivity index (χ3v) is 5.61. The molecule has 0 aliphatic carbocycles. The highest BCUT2D eigenvalue weighted by Gasteiger charge is 2.37. The molecule has 5 rings (SSSR count). The van der Waals surface area contributed by atoms with Crippen LogP contribution in [0.2, 0.25) is 0 Å². The van der Waals surface area contributed by atoms with Crippen LogP contribution >= 0.6 is 11.8 Å². The van der Waals surface area contributed by atoms with Crippen molar-refractivity contribution in [2.75, 3.05) is 0 Å². The quantitative estimate of drug-likeness (QED) is 0.689. The van der Waals surface area contributed by atoms with Gasteiger partial charge in [0.25, 0.3) is 0 Å². The number of para-hydroxylation sites is 1. The number of nitrogens with zero attached hydrogens (tertiary/aromatic N) is 5. The lowest BCUT2D eigenvalue weighted by Crippen LogP contribution is -2.30. The van der Waals surface area contributed by atoms with Crippen molar-refractivity contribution in [3.8, 4) is 23.0 Å². The lowest BCUT2D eigenvalue weighted by atomic mass is 9.95. The van der Waals surface area contributed by atoms with Crippen LogP contribution in [0.5, 0.6) is 0 Å². The molecule has 7 heteroatoms. The number of rotatable bonds is 3. The number of fused-ring (bicyclic) bond motifs is 1. The largest absolute Gasteiger partial charge is 0.492 e. The Morgan fingerprint density at radius 2 is 1.76 bits per heavy atom. The minimum Gasteiger partial charge on any atom is -0.492 e. The number of amidine groups is 1. The SMILES string of the molecule is N#CC1=C(O)N=C2SC=CN2C1c1cn(-c2ccccc2)nc1-c1ccccc1. The molecule has 2 aliphatic heterocycles. The highest BCUT2D eigenvalue weighted by molar-refractivity contribution is 8.16. The lowest BCUT2D eigenvalue weighted by Gasteiger charge is -2.30. The van der Waals surface area contributed by atoms with Crippen molar-refractivity contribution in [1.82, 2.24) is 14.7 Å². The van der Waals surface area contributed by atoms with Gasteiger partial charge in [0.1, 0.15) is 17.7 Å². The second-order valence-electron chi connectivity index (χ2n) is 6.54. The smallest absolute Gasteiger partial charge is 0.229 e. The Morgan fingerprint density at radius 3 is 2.48 bits per heavy atom. The van der Waals surface area contributed by atoms with E-state index in [9.17, 15) is 10.4 Å². The molecule has 0 spiro atoms. The van der Waals surface area contributed by atoms with Crippen LogP contribution in [0.15, 0.2) is 94.9 Å². The molecule has 2 aromatic carbocycles. The first-order valence-corrected chi connectivity index (χ1v) is 9.88. The molecule has 0 radical (unpaired) electrons. The van der Waals surface area contributed by atoms with Gasteiger partial charge in [0.2, 0.25) is 5.88 Å². The molecule has 0 bridgehead atoms. The minimum absolute atomic E-state index is 0.200. The molecule has 29 heavy (non-hydrogen) atoms. The van der Waals surface area contributed by atoms with Crippen LogP contribution in [-0.2, 0) is 0 Å². The van der Waals surface area contributed by atoms with E-state index in [0.29, 0.717) is 5.17 Å². The Hall–Kier alpha value is -3.76. The van der Waals surface area contributed by atoms with Crippen LogP contribution in [0, 0.1) is 11.3 Å². The molecule has 1 unspecified atom stereocenters. The Morgan fingerprint density at radius 1 is 1.03 bits per heavy atom. The first kappa shape index (κ1) is 17.3. The van der Waals surface area contributed by atoms with Gasteiger partial charge in [0, 0.05) is 23.5 Å². The molecule has 0 saturated carbocycles. The number of benzene rings is 2. The summed E-state index contributed by atoms with van der Waals surface area (Å²) in [7, 11) is 0. The van der Waals surface area contributed by atoms with Gasteiger partial charge >= 0.3 is 0 Å². The molecule has 0 fully saturated rings. The van der Waals surface area contributed by atoms with Crippen LogP contribution < -0.4 is 0 Å². The molecule has 3 heterocycles. The van der Waals surface area contributed by atoms with Crippen molar-refractivity contribution >= 4 is 16.9 Å². The number of nitriles is 1. The van der Waals surface area contributed by atoms with E-state index >= 15 is 0 Å². The van der Waals surface area contributed by atoms with Gasteiger partial charge in [-0.05, 0) is 17.5 Å². The molecule has 6 nitrogen and oxygen atoms in total. The monoisotopic (exact) mass is 397 g/mol. The van der Waals surface area contributed by atoms with E-state index in [1.807, 2.05) is 88.1 Å². The third-order valence-electron chi connectivity index (χ3n) is 4.84. The Kier molecular flexibility index (Phi) is 4.19. The molecule has 1 atom stereocenters. The van der Waals surface area contributed by atoms with Crippen molar-refractivity contribution in [1.29, 1.82) is 5.26 Å². The van der Waals surface area contributed by atoms with Gasteiger partial charge in [-0.15, -0.1) is 0 Å². The molecule has 0 amide bonds. The maximum Gasteiger partial charge on any atom is 0.229 e. The molecular weight excluding hydrogens is 382 g/mol. The predicted molar refractivity (Wildman–Crippen MR) is 113 cm³/mol. The molecular formula is C22H15N5OS. The van der Waals surface area contributed by atoms with E-state index in [0.717, 1.165) is 22.5 Å². The summed E-state index contributed by atoms with van der Waals surface area (Å²) in [4.78, 5) is 6.07. The van der Waals surface area contributed by atoms with Crippen molar-refractivity contribution < 1.29 is 5.11 Å². The highest BCUT2D eigenvalue weighted by atomic mass is 32.2. The first-order chi connectivity index (χ1) is 14.3. The second kappa shape index (κ2) is 7.00. The van der Waals surface area contributed by atoms with Crippen molar-refractivity contribution in [3.63, 3.8) is 0 Å². The Labute approximate surface area is 171 Å². The first-order valence-electron chi connectivity index (χ1n) is 9.00. The summed E-state index contributed by atoms with van der Waals surface area (Å²) in [6.07, 6.45) is 3.80. The summed E-state index contributed by atoms with van der Waals surface area (Å²) < 4.78 is 1.81. The van der Waals surface area contributed by atoms with Crippen molar-refractivity contribution in [3.05, 3.63) is 95.5 Å². The summed E-state index contributed by atoms with van der Waals surface area (Å²) in [5.41, 5.74) is 3.63. The molecule has 2 aliphatic rings. The van der Waals surface area contributed by atoms with Gasteiger partial charge in [-0.1, -0.05) is 60.3 Å².